The largest absolute Gasteiger partial charge is 0.487 e. The minimum atomic E-state index is -4.38. The Labute approximate surface area is 200 Å². The van der Waals surface area contributed by atoms with Gasteiger partial charge in [-0.3, -0.25) is 9.59 Å². The van der Waals surface area contributed by atoms with Crippen LogP contribution in [-0.4, -0.2) is 53.4 Å². The van der Waals surface area contributed by atoms with E-state index in [-0.39, 0.29) is 29.2 Å². The molecule has 13 heteroatoms. The second-order valence-corrected chi connectivity index (χ2v) is 9.45. The number of amides is 1. The van der Waals surface area contributed by atoms with Crippen molar-refractivity contribution in [2.75, 3.05) is 5.32 Å². The van der Waals surface area contributed by atoms with Gasteiger partial charge in [0.1, 0.15) is 28.9 Å². The molecule has 0 bridgehead atoms. The van der Waals surface area contributed by atoms with Crippen molar-refractivity contribution >= 4 is 44.9 Å². The summed E-state index contributed by atoms with van der Waals surface area (Å²) >= 11 is 0. The van der Waals surface area contributed by atoms with Crippen molar-refractivity contribution in [3.05, 3.63) is 48.5 Å². The molecule has 2 atom stereocenters. The third kappa shape index (κ3) is 6.61. The summed E-state index contributed by atoms with van der Waals surface area (Å²) in [6.07, 6.45) is 0.318. The van der Waals surface area contributed by atoms with Crippen molar-refractivity contribution in [2.24, 2.45) is 0 Å². The van der Waals surface area contributed by atoms with Crippen LogP contribution in [0.4, 0.5) is 10.1 Å². The number of nitrogens with zero attached hydrogens (tertiary/aromatic N) is 2. The molecule has 0 aliphatic carbocycles. The molecule has 0 fully saturated rings. The van der Waals surface area contributed by atoms with Crippen LogP contribution in [-0.2, 0) is 31.0 Å². The van der Waals surface area contributed by atoms with E-state index in [1.165, 1.54) is 43.6 Å². The van der Waals surface area contributed by atoms with Gasteiger partial charge >= 0.3 is 5.97 Å². The molecule has 0 aliphatic rings. The number of benzene rings is 2. The van der Waals surface area contributed by atoms with E-state index >= 15 is 0 Å². The molecular formula is C22H23FN4O7S. The van der Waals surface area contributed by atoms with Crippen molar-refractivity contribution in [1.29, 1.82) is 0 Å². The van der Waals surface area contributed by atoms with Crippen molar-refractivity contribution in [3.8, 4) is 5.75 Å². The normalized spacial score (nSPS) is 13.2. The standard InChI is InChI=1S/C22H23FN4O7S/c1-13(10-27-12-24-18-7-15(23)3-5-19(18)27)34-20-8-16(25-14(2)29)4-6-21(20)35(32,33)26-17(11-28)9-22(30)31/h3-8,11-13,17,26H,9-10H2,1-2H3,(H,25,29)(H,30,31)/t13-,17?/m1/s1. The Morgan fingerprint density at radius 3 is 2.66 bits per heavy atom. The Morgan fingerprint density at radius 2 is 2.00 bits per heavy atom. The quantitative estimate of drug-likeness (QED) is 0.333. The second-order valence-electron chi connectivity index (χ2n) is 7.76. The van der Waals surface area contributed by atoms with Crippen molar-refractivity contribution in [1.82, 2.24) is 14.3 Å². The molecule has 3 rings (SSSR count). The molecule has 3 N–H and O–H groups in total. The molecule has 1 unspecified atom stereocenters. The van der Waals surface area contributed by atoms with Crippen LogP contribution in [0.2, 0.25) is 0 Å². The van der Waals surface area contributed by atoms with Crippen LogP contribution in [0.1, 0.15) is 20.3 Å². The molecule has 35 heavy (non-hydrogen) atoms. The lowest BCUT2D eigenvalue weighted by Gasteiger charge is -2.20. The highest BCUT2D eigenvalue weighted by Gasteiger charge is 2.26. The van der Waals surface area contributed by atoms with E-state index in [9.17, 15) is 27.2 Å². The summed E-state index contributed by atoms with van der Waals surface area (Å²) in [6.45, 7) is 3.17. The SMILES string of the molecule is CC(=O)Nc1ccc(S(=O)(=O)NC(C=O)CC(=O)O)c(O[C@H](C)Cn2cnc3cc(F)ccc32)c1. The summed E-state index contributed by atoms with van der Waals surface area (Å²) in [4.78, 5) is 37.4. The van der Waals surface area contributed by atoms with Crippen LogP contribution >= 0.6 is 0 Å². The molecule has 1 aromatic heterocycles. The monoisotopic (exact) mass is 506 g/mol. The lowest BCUT2D eigenvalue weighted by molar-refractivity contribution is -0.138. The molecule has 0 aliphatic heterocycles. The van der Waals surface area contributed by atoms with E-state index in [2.05, 4.69) is 10.3 Å². The molecule has 11 nitrogen and oxygen atoms in total. The highest BCUT2D eigenvalue weighted by molar-refractivity contribution is 7.89. The zero-order chi connectivity index (χ0) is 25.8. The number of halogens is 1. The van der Waals surface area contributed by atoms with Gasteiger partial charge in [0, 0.05) is 24.7 Å². The fourth-order valence-corrected chi connectivity index (χ4v) is 4.67. The zero-order valence-corrected chi connectivity index (χ0v) is 19.6. The topological polar surface area (TPSA) is 157 Å². The van der Waals surface area contributed by atoms with Crippen molar-refractivity contribution in [3.63, 3.8) is 0 Å². The van der Waals surface area contributed by atoms with Gasteiger partial charge in [-0.1, -0.05) is 0 Å². The number of nitrogens with one attached hydrogen (secondary N) is 2. The highest BCUT2D eigenvalue weighted by atomic mass is 32.2. The van der Waals surface area contributed by atoms with Crippen LogP contribution in [0.15, 0.2) is 47.6 Å². The first-order valence-corrected chi connectivity index (χ1v) is 11.8. The van der Waals surface area contributed by atoms with E-state index in [1.807, 2.05) is 4.72 Å². The number of hydrogen-bond acceptors (Lipinski definition) is 7. The second kappa shape index (κ2) is 10.6. The number of carboxylic acids is 1. The maximum Gasteiger partial charge on any atom is 0.305 e. The van der Waals surface area contributed by atoms with E-state index in [0.29, 0.717) is 11.0 Å². The van der Waals surface area contributed by atoms with Gasteiger partial charge in [0.25, 0.3) is 0 Å². The first kappa shape index (κ1) is 25.8. The Balaban J connectivity index is 1.91. The number of carbonyl (C=O) groups excluding carboxylic acids is 2. The minimum Gasteiger partial charge on any atom is -0.487 e. The Hall–Kier alpha value is -3.84. The van der Waals surface area contributed by atoms with Gasteiger partial charge in [-0.2, -0.15) is 0 Å². The van der Waals surface area contributed by atoms with E-state index in [0.717, 1.165) is 0 Å². The first-order chi connectivity index (χ1) is 16.5. The number of aromatic nitrogens is 2. The predicted octanol–water partition coefficient (Wildman–Crippen LogP) is 1.92. The number of sulfonamides is 1. The summed E-state index contributed by atoms with van der Waals surface area (Å²) in [6, 6.07) is 6.46. The molecule has 0 radical (unpaired) electrons. The molecule has 0 spiro atoms. The van der Waals surface area contributed by atoms with Gasteiger partial charge < -0.3 is 24.5 Å². The molecule has 1 amide bonds. The van der Waals surface area contributed by atoms with Crippen LogP contribution in [0.5, 0.6) is 5.75 Å². The van der Waals surface area contributed by atoms with E-state index < -0.39 is 46.3 Å². The van der Waals surface area contributed by atoms with Gasteiger partial charge in [-0.25, -0.2) is 22.5 Å². The van der Waals surface area contributed by atoms with Crippen LogP contribution in [0, 0.1) is 5.82 Å². The van der Waals surface area contributed by atoms with Crippen molar-refractivity contribution < 1.29 is 37.0 Å². The molecule has 1 heterocycles. The lowest BCUT2D eigenvalue weighted by Crippen LogP contribution is -2.37. The predicted molar refractivity (Wildman–Crippen MR) is 123 cm³/mol. The fraction of sp³-hybridized carbons (Fsp3) is 0.273. The maximum atomic E-state index is 13.4. The third-order valence-electron chi connectivity index (χ3n) is 4.78. The molecule has 0 saturated carbocycles. The number of aldehydes is 1. The fourth-order valence-electron chi connectivity index (χ4n) is 3.39. The summed E-state index contributed by atoms with van der Waals surface area (Å²) in [7, 11) is -4.38. The highest BCUT2D eigenvalue weighted by Crippen LogP contribution is 2.29. The van der Waals surface area contributed by atoms with Gasteiger partial charge in [0.2, 0.25) is 15.9 Å². The number of rotatable bonds is 11. The van der Waals surface area contributed by atoms with E-state index in [1.54, 1.807) is 17.6 Å². The number of anilines is 1. The zero-order valence-electron chi connectivity index (χ0n) is 18.8. The Kier molecular flexibility index (Phi) is 7.82. The maximum absolute atomic E-state index is 13.4. The lowest BCUT2D eigenvalue weighted by atomic mass is 10.2. The summed E-state index contributed by atoms with van der Waals surface area (Å²) < 4.78 is 49.0. The van der Waals surface area contributed by atoms with Crippen LogP contribution < -0.4 is 14.8 Å². The van der Waals surface area contributed by atoms with E-state index in [4.69, 9.17) is 9.84 Å². The van der Waals surface area contributed by atoms with Gasteiger partial charge in [-0.15, -0.1) is 0 Å². The number of ether oxygens (including phenoxy) is 1. The van der Waals surface area contributed by atoms with Crippen LogP contribution in [0.25, 0.3) is 11.0 Å². The van der Waals surface area contributed by atoms with Gasteiger partial charge in [0.05, 0.1) is 36.4 Å². The molecular weight excluding hydrogens is 483 g/mol. The molecule has 186 valence electrons. The number of aliphatic carboxylic acids is 1. The number of carboxylic acid groups (broad SMARTS) is 1. The average molecular weight is 507 g/mol. The number of imidazole rings is 1. The van der Waals surface area contributed by atoms with Gasteiger partial charge in [-0.05, 0) is 31.2 Å². The smallest absolute Gasteiger partial charge is 0.305 e. The molecule has 0 saturated heterocycles. The van der Waals surface area contributed by atoms with Crippen molar-refractivity contribution in [2.45, 2.75) is 43.9 Å². The van der Waals surface area contributed by atoms with Gasteiger partial charge in [0.15, 0.2) is 0 Å². The average Bonchev–Trinajstić information content (AvgIpc) is 3.13. The number of fused-ring (bicyclic) bond motifs is 1. The Morgan fingerprint density at radius 1 is 1.26 bits per heavy atom. The summed E-state index contributed by atoms with van der Waals surface area (Å²) in [5.41, 5.74) is 1.35. The molecule has 2 aromatic carbocycles. The first-order valence-electron chi connectivity index (χ1n) is 10.4. The summed E-state index contributed by atoms with van der Waals surface area (Å²) in [5, 5.41) is 11.4. The summed E-state index contributed by atoms with van der Waals surface area (Å²) in [5.74, 6) is -2.31. The number of carbonyl (C=O) groups is 3. The van der Waals surface area contributed by atoms with Crippen LogP contribution in [0.3, 0.4) is 0 Å². The third-order valence-corrected chi connectivity index (χ3v) is 6.31. The minimum absolute atomic E-state index is 0.133. The molecule has 3 aromatic rings. The number of hydrogen-bond donors (Lipinski definition) is 3. The Bertz CT molecular complexity index is 1370.